The van der Waals surface area contributed by atoms with Gasteiger partial charge in [0.25, 0.3) is 0 Å². The summed E-state index contributed by atoms with van der Waals surface area (Å²) in [4.78, 5) is 17.8. The van der Waals surface area contributed by atoms with Gasteiger partial charge in [0.1, 0.15) is 0 Å². The van der Waals surface area contributed by atoms with Crippen LogP contribution in [0.5, 0.6) is 0 Å². The Bertz CT molecular complexity index is 549. The topological polar surface area (TPSA) is 97.8 Å². The highest BCUT2D eigenvalue weighted by molar-refractivity contribution is 5.78. The van der Waals surface area contributed by atoms with Gasteiger partial charge in [0.05, 0.1) is 12.8 Å². The van der Waals surface area contributed by atoms with Gasteiger partial charge < -0.3 is 20.7 Å². The number of hydrogen-bond donors (Lipinski definition) is 2. The Morgan fingerprint density at radius 1 is 1.50 bits per heavy atom. The van der Waals surface area contributed by atoms with Crippen LogP contribution in [0.1, 0.15) is 31.7 Å². The fourth-order valence-electron chi connectivity index (χ4n) is 2.76. The van der Waals surface area contributed by atoms with Crippen molar-refractivity contribution >= 4 is 12.1 Å². The molecule has 8 nitrogen and oxygen atoms in total. The minimum absolute atomic E-state index is 0.229. The molecule has 0 bridgehead atoms. The highest BCUT2D eigenvalue weighted by Gasteiger charge is 2.23. The molecule has 0 aromatic carbocycles. The van der Waals surface area contributed by atoms with Crippen molar-refractivity contribution in [1.82, 2.24) is 20.0 Å². The van der Waals surface area contributed by atoms with Crippen LogP contribution in [0.15, 0.2) is 17.4 Å². The van der Waals surface area contributed by atoms with Crippen LogP contribution in [0.25, 0.3) is 0 Å². The predicted octanol–water partition coefficient (Wildman–Crippen LogP) is 0.878. The Labute approximate surface area is 143 Å². The summed E-state index contributed by atoms with van der Waals surface area (Å²) in [5.41, 5.74) is 7.16. The number of ether oxygens (including phenoxy) is 1. The van der Waals surface area contributed by atoms with Gasteiger partial charge in [-0.05, 0) is 38.2 Å². The summed E-state index contributed by atoms with van der Waals surface area (Å²) in [5.74, 6) is 0.482. The van der Waals surface area contributed by atoms with Gasteiger partial charge >= 0.3 is 6.09 Å². The maximum atomic E-state index is 11.6. The van der Waals surface area contributed by atoms with Gasteiger partial charge in [0, 0.05) is 38.9 Å². The number of hydrogen-bond acceptors (Lipinski definition) is 4. The molecule has 8 heteroatoms. The number of guanidine groups is 1. The predicted molar refractivity (Wildman–Crippen MR) is 92.8 cm³/mol. The number of carbonyl (C=O) groups excluding carboxylic acids is 1. The third-order valence-corrected chi connectivity index (χ3v) is 4.04. The lowest BCUT2D eigenvalue weighted by atomic mass is 10.1. The second-order valence-electron chi connectivity index (χ2n) is 6.00. The van der Waals surface area contributed by atoms with Crippen LogP contribution >= 0.6 is 0 Å². The SMILES string of the molecule is CCOC(=O)N1CCC(NC(N)=NCCCc2cnn(C)c2)CC1. The second kappa shape index (κ2) is 9.14. The minimum atomic E-state index is -0.229. The molecular weight excluding hydrogens is 308 g/mol. The minimum Gasteiger partial charge on any atom is -0.450 e. The number of piperidine rings is 1. The Morgan fingerprint density at radius 3 is 2.88 bits per heavy atom. The van der Waals surface area contributed by atoms with E-state index in [4.69, 9.17) is 10.5 Å². The van der Waals surface area contributed by atoms with Crippen LogP contribution < -0.4 is 11.1 Å². The van der Waals surface area contributed by atoms with E-state index in [0.29, 0.717) is 32.2 Å². The fraction of sp³-hybridized carbons (Fsp3) is 0.688. The van der Waals surface area contributed by atoms with E-state index in [9.17, 15) is 4.79 Å². The van der Waals surface area contributed by atoms with Crippen LogP contribution in [0, 0.1) is 0 Å². The molecule has 134 valence electrons. The third kappa shape index (κ3) is 5.75. The quantitative estimate of drug-likeness (QED) is 0.456. The third-order valence-electron chi connectivity index (χ3n) is 4.04. The van der Waals surface area contributed by atoms with E-state index in [2.05, 4.69) is 15.4 Å². The number of aliphatic imine (C=N–C) groups is 1. The molecule has 3 N–H and O–H groups in total. The molecule has 0 atom stereocenters. The molecule has 0 unspecified atom stereocenters. The number of nitrogens with two attached hydrogens (primary N) is 1. The number of aryl methyl sites for hydroxylation is 2. The molecule has 1 amide bonds. The van der Waals surface area contributed by atoms with Crippen LogP contribution in [0.4, 0.5) is 4.79 Å². The van der Waals surface area contributed by atoms with Crippen LogP contribution in [0.2, 0.25) is 0 Å². The van der Waals surface area contributed by atoms with Crippen LogP contribution in [-0.4, -0.2) is 59.0 Å². The number of nitrogens with one attached hydrogen (secondary N) is 1. The highest BCUT2D eigenvalue weighted by atomic mass is 16.6. The molecule has 1 aromatic heterocycles. The van der Waals surface area contributed by atoms with Gasteiger partial charge in [-0.3, -0.25) is 9.67 Å². The first kappa shape index (κ1) is 18.1. The van der Waals surface area contributed by atoms with Gasteiger partial charge in [-0.1, -0.05) is 0 Å². The van der Waals surface area contributed by atoms with E-state index in [1.165, 1.54) is 5.56 Å². The zero-order valence-electron chi connectivity index (χ0n) is 14.6. The molecule has 1 aliphatic heterocycles. The van der Waals surface area contributed by atoms with Crippen LogP contribution in [-0.2, 0) is 18.2 Å². The molecule has 1 aromatic rings. The Hall–Kier alpha value is -2.25. The summed E-state index contributed by atoms with van der Waals surface area (Å²) in [6, 6.07) is 0.262. The van der Waals surface area contributed by atoms with Crippen LogP contribution in [0.3, 0.4) is 0 Å². The summed E-state index contributed by atoms with van der Waals surface area (Å²) in [5, 5.41) is 7.39. The van der Waals surface area contributed by atoms with Crippen molar-refractivity contribution in [2.75, 3.05) is 26.2 Å². The van der Waals surface area contributed by atoms with E-state index in [1.54, 1.807) is 9.58 Å². The summed E-state index contributed by atoms with van der Waals surface area (Å²) in [7, 11) is 1.91. The zero-order valence-corrected chi connectivity index (χ0v) is 14.6. The monoisotopic (exact) mass is 336 g/mol. The van der Waals surface area contributed by atoms with E-state index in [1.807, 2.05) is 26.4 Å². The molecule has 1 fully saturated rings. The lowest BCUT2D eigenvalue weighted by Crippen LogP contribution is -2.48. The molecule has 2 heterocycles. The van der Waals surface area contributed by atoms with Gasteiger partial charge in [0.15, 0.2) is 5.96 Å². The summed E-state index contributed by atoms with van der Waals surface area (Å²) >= 11 is 0. The van der Waals surface area contributed by atoms with E-state index in [0.717, 1.165) is 25.7 Å². The van der Waals surface area contributed by atoms with Gasteiger partial charge in [-0.15, -0.1) is 0 Å². The van der Waals surface area contributed by atoms with Crippen molar-refractivity contribution in [1.29, 1.82) is 0 Å². The second-order valence-corrected chi connectivity index (χ2v) is 6.00. The Balaban J connectivity index is 1.63. The average molecular weight is 336 g/mol. The number of likely N-dealkylation sites (tertiary alicyclic amines) is 1. The molecule has 1 saturated heterocycles. The lowest BCUT2D eigenvalue weighted by molar-refractivity contribution is 0.0963. The van der Waals surface area contributed by atoms with Gasteiger partial charge in [0.2, 0.25) is 0 Å². The van der Waals surface area contributed by atoms with E-state index in [-0.39, 0.29) is 12.1 Å². The maximum Gasteiger partial charge on any atom is 0.409 e. The summed E-state index contributed by atoms with van der Waals surface area (Å²) in [6.07, 6.45) is 7.26. The van der Waals surface area contributed by atoms with Gasteiger partial charge in [-0.2, -0.15) is 5.10 Å². The average Bonchev–Trinajstić information content (AvgIpc) is 2.98. The smallest absolute Gasteiger partial charge is 0.409 e. The van der Waals surface area contributed by atoms with Crippen molar-refractivity contribution in [3.63, 3.8) is 0 Å². The van der Waals surface area contributed by atoms with E-state index < -0.39 is 0 Å². The Kier molecular flexibility index (Phi) is 6.89. The highest BCUT2D eigenvalue weighted by Crippen LogP contribution is 2.11. The lowest BCUT2D eigenvalue weighted by Gasteiger charge is -2.31. The first-order valence-electron chi connectivity index (χ1n) is 8.54. The molecule has 0 radical (unpaired) electrons. The van der Waals surface area contributed by atoms with E-state index >= 15 is 0 Å². The van der Waals surface area contributed by atoms with Crippen molar-refractivity contribution in [3.8, 4) is 0 Å². The Morgan fingerprint density at radius 2 is 2.25 bits per heavy atom. The van der Waals surface area contributed by atoms with Crippen molar-refractivity contribution < 1.29 is 9.53 Å². The first-order chi connectivity index (χ1) is 11.6. The number of aromatic nitrogens is 2. The molecule has 0 saturated carbocycles. The van der Waals surface area contributed by atoms with Crippen molar-refractivity contribution in [3.05, 3.63) is 18.0 Å². The number of nitrogens with zero attached hydrogens (tertiary/aromatic N) is 4. The first-order valence-corrected chi connectivity index (χ1v) is 8.54. The zero-order chi connectivity index (χ0) is 17.4. The largest absolute Gasteiger partial charge is 0.450 e. The summed E-state index contributed by atoms with van der Waals surface area (Å²) < 4.78 is 6.82. The molecule has 1 aliphatic rings. The normalized spacial score (nSPS) is 16.2. The number of carbonyl (C=O) groups is 1. The number of rotatable bonds is 6. The fourth-order valence-corrected chi connectivity index (χ4v) is 2.76. The van der Waals surface area contributed by atoms with Crippen molar-refractivity contribution in [2.24, 2.45) is 17.8 Å². The molecule has 0 aliphatic carbocycles. The maximum absolute atomic E-state index is 11.6. The number of amides is 1. The molecular formula is C16H28N6O2. The van der Waals surface area contributed by atoms with Crippen molar-refractivity contribution in [2.45, 2.75) is 38.6 Å². The molecule has 24 heavy (non-hydrogen) atoms. The standard InChI is InChI=1S/C16H28N6O2/c1-3-24-16(23)22-9-6-14(7-10-22)20-15(17)18-8-4-5-13-11-19-21(2)12-13/h11-12,14H,3-10H2,1-2H3,(H3,17,18,20). The molecule has 2 rings (SSSR count). The molecule has 0 spiro atoms. The summed E-state index contributed by atoms with van der Waals surface area (Å²) in [6.45, 7) is 4.29. The van der Waals surface area contributed by atoms with Gasteiger partial charge in [-0.25, -0.2) is 4.79 Å².